The fourth-order valence-corrected chi connectivity index (χ4v) is 0.957. The summed E-state index contributed by atoms with van der Waals surface area (Å²) in [5, 5.41) is 20.5. The van der Waals surface area contributed by atoms with Crippen molar-refractivity contribution in [2.75, 3.05) is 19.7 Å². The summed E-state index contributed by atoms with van der Waals surface area (Å²) in [7, 11) is 0. The fraction of sp³-hybridized carbons (Fsp3) is 0.667. The second kappa shape index (κ2) is 5.29. The Hall–Kier alpha value is -1.64. The molecule has 2 N–H and O–H groups in total. The molecule has 0 atom stereocenters. The van der Waals surface area contributed by atoms with Crippen LogP contribution >= 0.6 is 0 Å². The smallest absolute Gasteiger partial charge is 0.295 e. The van der Waals surface area contributed by atoms with Crippen molar-refractivity contribution in [3.8, 4) is 0 Å². The zero-order valence-corrected chi connectivity index (χ0v) is 7.60. The molecule has 7 nitrogen and oxygen atoms in total. The number of tetrazole rings is 1. The lowest BCUT2D eigenvalue weighted by atomic mass is 10.4. The Morgan fingerprint density at radius 3 is 2.80 bits per heavy atom. The van der Waals surface area contributed by atoms with E-state index in [9.17, 15) is 13.6 Å². The van der Waals surface area contributed by atoms with Gasteiger partial charge in [-0.3, -0.25) is 4.79 Å². The number of aliphatic hydroxyl groups is 1. The van der Waals surface area contributed by atoms with Crippen molar-refractivity contribution in [2.45, 2.75) is 6.43 Å². The number of nitrogens with one attached hydrogen (secondary N) is 1. The minimum Gasteiger partial charge on any atom is -0.395 e. The molecule has 0 radical (unpaired) electrons. The second-order valence-corrected chi connectivity index (χ2v) is 2.60. The summed E-state index contributed by atoms with van der Waals surface area (Å²) < 4.78 is 24.1. The normalized spacial score (nSPS) is 10.7. The lowest BCUT2D eigenvalue weighted by Gasteiger charge is -2.18. The van der Waals surface area contributed by atoms with Gasteiger partial charge < -0.3 is 10.0 Å². The number of hydrogen-bond acceptors (Lipinski definition) is 5. The number of hydrogen-bond donors (Lipinski definition) is 2. The quantitative estimate of drug-likeness (QED) is 0.658. The molecule has 0 fully saturated rings. The Morgan fingerprint density at radius 1 is 1.60 bits per heavy atom. The summed E-state index contributed by atoms with van der Waals surface area (Å²) in [5.74, 6) is -1.10. The minimum atomic E-state index is -2.67. The van der Waals surface area contributed by atoms with Gasteiger partial charge in [-0.1, -0.05) is 0 Å². The first-order valence-corrected chi connectivity index (χ1v) is 4.07. The molecule has 0 aliphatic carbocycles. The lowest BCUT2D eigenvalue weighted by Crippen LogP contribution is -2.37. The van der Waals surface area contributed by atoms with Crippen LogP contribution in [0.4, 0.5) is 8.78 Å². The van der Waals surface area contributed by atoms with E-state index in [4.69, 9.17) is 5.11 Å². The first-order chi connectivity index (χ1) is 7.15. The first-order valence-electron chi connectivity index (χ1n) is 4.07. The molecule has 0 unspecified atom stereocenters. The van der Waals surface area contributed by atoms with Crippen LogP contribution in [0.5, 0.6) is 0 Å². The first kappa shape index (κ1) is 11.4. The number of carbonyl (C=O) groups excluding carboxylic acids is 1. The molecule has 15 heavy (non-hydrogen) atoms. The molecule has 0 saturated carbocycles. The highest BCUT2D eigenvalue weighted by Gasteiger charge is 2.22. The summed E-state index contributed by atoms with van der Waals surface area (Å²) in [4.78, 5) is 12.2. The van der Waals surface area contributed by atoms with Crippen molar-refractivity contribution in [1.29, 1.82) is 0 Å². The van der Waals surface area contributed by atoms with E-state index in [0.29, 0.717) is 0 Å². The molecule has 0 bridgehead atoms. The predicted octanol–water partition coefficient (Wildman–Crippen LogP) is -1.10. The van der Waals surface area contributed by atoms with Crippen LogP contribution < -0.4 is 0 Å². The van der Waals surface area contributed by atoms with Crippen LogP contribution in [0.25, 0.3) is 0 Å². The highest BCUT2D eigenvalue weighted by Crippen LogP contribution is 2.02. The average Bonchev–Trinajstić information content (AvgIpc) is 2.68. The molecule has 0 aliphatic heterocycles. The molecule has 9 heteroatoms. The van der Waals surface area contributed by atoms with Gasteiger partial charge in [0.15, 0.2) is 0 Å². The van der Waals surface area contributed by atoms with Gasteiger partial charge in [0.05, 0.1) is 13.2 Å². The largest absolute Gasteiger partial charge is 0.395 e. The third kappa shape index (κ3) is 3.20. The third-order valence-corrected chi connectivity index (χ3v) is 1.55. The molecule has 1 amide bonds. The number of aromatic amines is 1. The maximum atomic E-state index is 12.1. The van der Waals surface area contributed by atoms with Crippen LogP contribution in [-0.2, 0) is 0 Å². The molecule has 1 aromatic heterocycles. The van der Waals surface area contributed by atoms with E-state index in [1.54, 1.807) is 0 Å². The van der Waals surface area contributed by atoms with Gasteiger partial charge in [-0.2, -0.15) is 5.21 Å². The lowest BCUT2D eigenvalue weighted by molar-refractivity contribution is 0.0499. The summed E-state index contributed by atoms with van der Waals surface area (Å²) in [5.41, 5.74) is 0. The van der Waals surface area contributed by atoms with Gasteiger partial charge in [0, 0.05) is 6.54 Å². The standard InChI is InChI=1S/C6H9F2N5O2/c7-4(8)3-13(1-2-14)6(15)5-9-11-12-10-5/h4,14H,1-3H2,(H,9,10,11,12). The highest BCUT2D eigenvalue weighted by atomic mass is 19.3. The van der Waals surface area contributed by atoms with E-state index in [1.807, 2.05) is 0 Å². The number of nitrogens with zero attached hydrogens (tertiary/aromatic N) is 4. The Balaban J connectivity index is 2.67. The number of aliphatic hydroxyl groups excluding tert-OH is 1. The summed E-state index contributed by atoms with van der Waals surface area (Å²) in [6.07, 6.45) is -2.67. The summed E-state index contributed by atoms with van der Waals surface area (Å²) >= 11 is 0. The van der Waals surface area contributed by atoms with E-state index in [-0.39, 0.29) is 12.4 Å². The number of amides is 1. The van der Waals surface area contributed by atoms with Crippen LogP contribution in [0, 0.1) is 0 Å². The van der Waals surface area contributed by atoms with Gasteiger partial charge in [-0.15, -0.1) is 10.2 Å². The van der Waals surface area contributed by atoms with Crippen molar-refractivity contribution in [3.63, 3.8) is 0 Å². The Morgan fingerprint density at radius 2 is 2.33 bits per heavy atom. The van der Waals surface area contributed by atoms with Crippen molar-refractivity contribution < 1.29 is 18.7 Å². The summed E-state index contributed by atoms with van der Waals surface area (Å²) in [6.45, 7) is -1.37. The van der Waals surface area contributed by atoms with Crippen LogP contribution in [0.3, 0.4) is 0 Å². The zero-order valence-electron chi connectivity index (χ0n) is 7.60. The predicted molar refractivity (Wildman–Crippen MR) is 43.2 cm³/mol. The van der Waals surface area contributed by atoms with E-state index in [2.05, 4.69) is 20.6 Å². The van der Waals surface area contributed by atoms with Crippen molar-refractivity contribution in [1.82, 2.24) is 25.5 Å². The molecular weight excluding hydrogens is 212 g/mol. The van der Waals surface area contributed by atoms with E-state index < -0.39 is 25.5 Å². The second-order valence-electron chi connectivity index (χ2n) is 2.60. The Kier molecular flexibility index (Phi) is 4.03. The Bertz CT molecular complexity index is 304. The molecule has 0 aliphatic rings. The molecule has 0 saturated heterocycles. The molecule has 0 spiro atoms. The maximum Gasteiger partial charge on any atom is 0.295 e. The monoisotopic (exact) mass is 221 g/mol. The highest BCUT2D eigenvalue weighted by molar-refractivity contribution is 5.90. The van der Waals surface area contributed by atoms with Gasteiger partial charge in [0.25, 0.3) is 18.2 Å². The number of halogens is 2. The van der Waals surface area contributed by atoms with Crippen LogP contribution in [-0.4, -0.2) is 62.7 Å². The molecule has 0 aromatic carbocycles. The van der Waals surface area contributed by atoms with Gasteiger partial charge in [-0.25, -0.2) is 8.78 Å². The average molecular weight is 221 g/mol. The number of rotatable bonds is 5. The fourth-order valence-electron chi connectivity index (χ4n) is 0.957. The van der Waals surface area contributed by atoms with Crippen molar-refractivity contribution in [3.05, 3.63) is 5.82 Å². The van der Waals surface area contributed by atoms with Gasteiger partial charge in [0.1, 0.15) is 0 Å². The molecular formula is C6H9F2N5O2. The van der Waals surface area contributed by atoms with E-state index in [0.717, 1.165) is 4.90 Å². The summed E-state index contributed by atoms with van der Waals surface area (Å²) in [6, 6.07) is 0. The van der Waals surface area contributed by atoms with Crippen LogP contribution in [0.1, 0.15) is 10.6 Å². The van der Waals surface area contributed by atoms with Crippen molar-refractivity contribution >= 4 is 5.91 Å². The van der Waals surface area contributed by atoms with Crippen LogP contribution in [0.15, 0.2) is 0 Å². The maximum absolute atomic E-state index is 12.1. The number of carbonyl (C=O) groups is 1. The van der Waals surface area contributed by atoms with E-state index >= 15 is 0 Å². The number of aromatic nitrogens is 4. The Labute approximate surface area is 83.1 Å². The number of H-pyrrole nitrogens is 1. The van der Waals surface area contributed by atoms with E-state index in [1.165, 1.54) is 0 Å². The number of alkyl halides is 2. The molecule has 1 heterocycles. The van der Waals surface area contributed by atoms with Crippen LogP contribution in [0.2, 0.25) is 0 Å². The SMILES string of the molecule is O=C(c1nn[nH]n1)N(CCO)CC(F)F. The minimum absolute atomic E-state index is 0.197. The topological polar surface area (TPSA) is 95.0 Å². The molecule has 1 rings (SSSR count). The van der Waals surface area contributed by atoms with Crippen molar-refractivity contribution in [2.24, 2.45) is 0 Å². The molecule has 1 aromatic rings. The van der Waals surface area contributed by atoms with Gasteiger partial charge >= 0.3 is 0 Å². The van der Waals surface area contributed by atoms with Gasteiger partial charge in [0.2, 0.25) is 0 Å². The molecule has 84 valence electrons. The van der Waals surface area contributed by atoms with Gasteiger partial charge in [-0.05, 0) is 5.21 Å². The third-order valence-electron chi connectivity index (χ3n) is 1.55. The zero-order chi connectivity index (χ0) is 11.3.